The molecule has 0 aromatic rings. The summed E-state index contributed by atoms with van der Waals surface area (Å²) in [5.41, 5.74) is 13.1. The number of nitrogens with two attached hydrogens (primary N) is 2. The lowest BCUT2D eigenvalue weighted by Crippen LogP contribution is -2.51. The predicted molar refractivity (Wildman–Crippen MR) is 187 cm³/mol. The second kappa shape index (κ2) is 17.4. The Morgan fingerprint density at radius 2 is 1.52 bits per heavy atom. The summed E-state index contributed by atoms with van der Waals surface area (Å²) in [7, 11) is -7.63. The Morgan fingerprint density at radius 1 is 0.917 bits per heavy atom. The van der Waals surface area contributed by atoms with E-state index in [1.807, 2.05) is 20.0 Å². The van der Waals surface area contributed by atoms with Crippen LogP contribution in [0.4, 0.5) is 0 Å². The Hall–Kier alpha value is -1.78. The summed E-state index contributed by atoms with van der Waals surface area (Å²) in [5.74, 6) is -1.38. The van der Waals surface area contributed by atoms with Crippen molar-refractivity contribution in [3.05, 3.63) is 11.8 Å². The largest absolute Gasteiger partial charge is 0.480 e. The fourth-order valence-electron chi connectivity index (χ4n) is 7.96. The molecule has 0 radical (unpaired) electrons. The summed E-state index contributed by atoms with van der Waals surface area (Å²) in [4.78, 5) is 26.0. The number of fused-ring (bicyclic) bond motifs is 1. The van der Waals surface area contributed by atoms with Crippen LogP contribution in [0.25, 0.3) is 0 Å². The molecule has 3 aliphatic carbocycles. The monoisotopic (exact) mass is 716 g/mol. The zero-order valence-electron chi connectivity index (χ0n) is 28.8. The smallest absolute Gasteiger partial charge is 0.322 e. The zero-order valence-corrected chi connectivity index (χ0v) is 30.4. The maximum absolute atomic E-state index is 13.7. The first-order chi connectivity index (χ1) is 22.7. The minimum absolute atomic E-state index is 0.00189. The third-order valence-electron chi connectivity index (χ3n) is 10.8. The quantitative estimate of drug-likeness (QED) is 0.121. The van der Waals surface area contributed by atoms with Crippen LogP contribution < -0.4 is 26.8 Å². The van der Waals surface area contributed by atoms with Crippen molar-refractivity contribution in [2.75, 3.05) is 13.1 Å². The molecule has 1 aliphatic heterocycles. The fourth-order valence-corrected chi connectivity index (χ4v) is 11.9. The van der Waals surface area contributed by atoms with Crippen LogP contribution in [-0.2, 0) is 29.6 Å². The van der Waals surface area contributed by atoms with Crippen LogP contribution in [0.15, 0.2) is 11.8 Å². The normalized spacial score (nSPS) is 29.5. The highest BCUT2D eigenvalue weighted by atomic mass is 32.2. The molecule has 13 nitrogen and oxygen atoms in total. The van der Waals surface area contributed by atoms with Gasteiger partial charge in [0.15, 0.2) is 0 Å². The van der Waals surface area contributed by atoms with E-state index in [9.17, 15) is 31.5 Å². The molecule has 1 amide bonds. The number of carboxylic acid groups (broad SMARTS) is 1. The minimum atomic E-state index is -3.86. The van der Waals surface area contributed by atoms with E-state index in [1.54, 1.807) is 0 Å². The molecule has 0 aromatic heterocycles. The number of carbonyl (C=O) groups is 2. The van der Waals surface area contributed by atoms with E-state index in [4.69, 9.17) is 11.5 Å². The number of carbonyl (C=O) groups excluding carboxylic acids is 1. The Balaban J connectivity index is 1.37. The van der Waals surface area contributed by atoms with Gasteiger partial charge in [-0.15, -0.1) is 0 Å². The molecular weight excluding hydrogens is 657 g/mol. The molecule has 4 aliphatic rings. The number of rotatable bonds is 17. The molecule has 4 rings (SSSR count). The van der Waals surface area contributed by atoms with E-state index in [0.29, 0.717) is 70.3 Å². The van der Waals surface area contributed by atoms with Gasteiger partial charge in [-0.3, -0.25) is 9.59 Å². The molecule has 0 bridgehead atoms. The van der Waals surface area contributed by atoms with Crippen LogP contribution >= 0.6 is 0 Å². The number of nitrogens with one attached hydrogen (secondary N) is 3. The third-order valence-corrected chi connectivity index (χ3v) is 15.1. The highest BCUT2D eigenvalue weighted by Crippen LogP contribution is 2.36. The van der Waals surface area contributed by atoms with Gasteiger partial charge in [0.05, 0.1) is 10.5 Å². The standard InChI is InChI=1S/C33H60N6O7S2/c1-22(2)21-39(48(45,46)27-16-12-25(35)13-17-27)31(33(41)42)9-5-6-18-36-32(40)30(19-23-20-37-29-8-4-3-7-28(23)29)38-47(43,44)26-14-10-24(34)11-15-26/h20,22,24-31,37-38H,3-19,21,34-35H2,1-2H3,(H,36,40)(H,41,42)/t24?,25?,26?,27?,28?,29?,30-,31-/m0/s1. The maximum atomic E-state index is 13.7. The Bertz CT molecular complexity index is 1330. The molecule has 8 N–H and O–H groups in total. The average molecular weight is 717 g/mol. The topological polar surface area (TPSA) is 214 Å². The van der Waals surface area contributed by atoms with Crippen molar-refractivity contribution in [1.82, 2.24) is 19.7 Å². The van der Waals surface area contributed by atoms with Gasteiger partial charge in [-0.2, -0.15) is 4.31 Å². The van der Waals surface area contributed by atoms with Crippen molar-refractivity contribution in [3.63, 3.8) is 0 Å². The first kappa shape index (κ1) is 39.0. The van der Waals surface area contributed by atoms with Gasteiger partial charge >= 0.3 is 5.97 Å². The maximum Gasteiger partial charge on any atom is 0.322 e. The second-order valence-corrected chi connectivity index (χ2v) is 19.2. The molecule has 3 fully saturated rings. The Labute approximate surface area is 287 Å². The molecule has 4 atom stereocenters. The molecule has 0 spiro atoms. The number of nitrogens with zero attached hydrogens (tertiary/aromatic N) is 1. The van der Waals surface area contributed by atoms with Gasteiger partial charge in [-0.05, 0) is 108 Å². The summed E-state index contributed by atoms with van der Waals surface area (Å²) < 4.78 is 58.2. The van der Waals surface area contributed by atoms with Gasteiger partial charge in [-0.1, -0.05) is 26.7 Å². The van der Waals surface area contributed by atoms with Gasteiger partial charge in [0.25, 0.3) is 0 Å². The van der Waals surface area contributed by atoms with Crippen molar-refractivity contribution in [2.24, 2.45) is 23.3 Å². The number of hydrogen-bond acceptors (Lipinski definition) is 9. The van der Waals surface area contributed by atoms with Crippen molar-refractivity contribution in [3.8, 4) is 0 Å². The van der Waals surface area contributed by atoms with Gasteiger partial charge in [-0.25, -0.2) is 21.6 Å². The van der Waals surface area contributed by atoms with E-state index in [2.05, 4.69) is 15.4 Å². The number of aliphatic carboxylic acids is 1. The van der Waals surface area contributed by atoms with Crippen LogP contribution in [0, 0.1) is 11.8 Å². The average Bonchev–Trinajstić information content (AvgIpc) is 3.44. The van der Waals surface area contributed by atoms with E-state index < -0.39 is 54.5 Å². The minimum Gasteiger partial charge on any atom is -0.480 e. The lowest BCUT2D eigenvalue weighted by Gasteiger charge is -2.35. The van der Waals surface area contributed by atoms with Gasteiger partial charge in [0, 0.05) is 37.1 Å². The third kappa shape index (κ3) is 10.4. The van der Waals surface area contributed by atoms with E-state index in [-0.39, 0.29) is 49.9 Å². The number of hydrogen-bond donors (Lipinski definition) is 6. The SMILES string of the molecule is CC(C)CN([C@@H](CCCCNC(=O)[C@H](CC1=CNC2CCCCC12)NS(=O)(=O)C1CCC(N)CC1)C(=O)O)S(=O)(=O)C1CCC(N)CC1. The molecule has 15 heteroatoms. The lowest BCUT2D eigenvalue weighted by atomic mass is 9.80. The first-order valence-corrected chi connectivity index (χ1v) is 21.2. The fraction of sp³-hybridized carbons (Fsp3) is 0.879. The summed E-state index contributed by atoms with van der Waals surface area (Å²) in [6.45, 7) is 4.06. The summed E-state index contributed by atoms with van der Waals surface area (Å²) >= 11 is 0. The van der Waals surface area contributed by atoms with Gasteiger partial charge in [0.2, 0.25) is 26.0 Å². The zero-order chi connectivity index (χ0) is 35.1. The molecule has 48 heavy (non-hydrogen) atoms. The molecule has 0 saturated heterocycles. The first-order valence-electron chi connectivity index (χ1n) is 18.2. The van der Waals surface area contributed by atoms with Crippen molar-refractivity contribution in [1.29, 1.82) is 0 Å². The van der Waals surface area contributed by atoms with Crippen LogP contribution in [0.2, 0.25) is 0 Å². The molecule has 1 heterocycles. The van der Waals surface area contributed by atoms with E-state index >= 15 is 0 Å². The Kier molecular flexibility index (Phi) is 14.2. The number of carboxylic acids is 1. The molecule has 0 aromatic carbocycles. The lowest BCUT2D eigenvalue weighted by molar-refractivity contribution is -0.142. The van der Waals surface area contributed by atoms with Crippen molar-refractivity contribution >= 4 is 31.9 Å². The van der Waals surface area contributed by atoms with Crippen molar-refractivity contribution in [2.45, 2.75) is 157 Å². The van der Waals surface area contributed by atoms with Crippen LogP contribution in [-0.4, -0.2) is 91.9 Å². The number of unbranched alkanes of at least 4 members (excludes halogenated alkanes) is 1. The summed E-state index contributed by atoms with van der Waals surface area (Å²) in [6.07, 6.45) is 11.6. The predicted octanol–water partition coefficient (Wildman–Crippen LogP) is 2.28. The van der Waals surface area contributed by atoms with Crippen LogP contribution in [0.5, 0.6) is 0 Å². The van der Waals surface area contributed by atoms with Crippen LogP contribution in [0.1, 0.15) is 117 Å². The highest BCUT2D eigenvalue weighted by molar-refractivity contribution is 7.90. The number of amides is 1. The van der Waals surface area contributed by atoms with Crippen LogP contribution in [0.3, 0.4) is 0 Å². The number of sulfonamides is 2. The molecule has 3 saturated carbocycles. The Morgan fingerprint density at radius 3 is 2.12 bits per heavy atom. The summed E-state index contributed by atoms with van der Waals surface area (Å²) in [5, 5.41) is 15.2. The van der Waals surface area contributed by atoms with Gasteiger partial charge < -0.3 is 27.2 Å². The van der Waals surface area contributed by atoms with Gasteiger partial charge in [0.1, 0.15) is 12.1 Å². The molecular formula is C33H60N6O7S2. The van der Waals surface area contributed by atoms with E-state index in [1.165, 1.54) is 4.31 Å². The highest BCUT2D eigenvalue weighted by Gasteiger charge is 2.41. The molecule has 276 valence electrons. The second-order valence-electron chi connectivity index (χ2n) is 15.0. The van der Waals surface area contributed by atoms with E-state index in [0.717, 1.165) is 31.3 Å². The molecule has 2 unspecified atom stereocenters. The summed E-state index contributed by atoms with van der Waals surface area (Å²) in [6, 6.07) is -1.89. The van der Waals surface area contributed by atoms with Crippen molar-refractivity contribution < 1.29 is 31.5 Å².